The molecule has 0 aromatic carbocycles. The van der Waals surface area contributed by atoms with Crippen LogP contribution in [0.25, 0.3) is 5.65 Å². The molecule has 0 aliphatic rings. The summed E-state index contributed by atoms with van der Waals surface area (Å²) in [5.74, 6) is 0. The molecule has 2 heterocycles. The first-order valence-electron chi connectivity index (χ1n) is 4.57. The molecular weight excluding hydrogens is 130 g/mol. The summed E-state index contributed by atoms with van der Waals surface area (Å²) in [5.41, 5.74) is -0.821. The maximum atomic E-state index is 11.1. The van der Waals surface area contributed by atoms with Crippen molar-refractivity contribution in [3.8, 4) is 0 Å². The van der Waals surface area contributed by atoms with Crippen molar-refractivity contribution < 1.29 is 5.48 Å². The molecule has 0 saturated heterocycles. The number of aromatic amines is 1. The van der Waals surface area contributed by atoms with Crippen LogP contribution in [0.2, 0.25) is 0 Å². The Morgan fingerprint density at radius 3 is 3.50 bits per heavy atom. The van der Waals surface area contributed by atoms with Crippen LogP contribution >= 0.6 is 0 Å². The van der Waals surface area contributed by atoms with Crippen molar-refractivity contribution in [2.75, 3.05) is 0 Å². The number of hydrogen-bond acceptors (Lipinski definition) is 2. The minimum Gasteiger partial charge on any atom is -0.268 e. The number of rotatable bonds is 0. The Hall–Kier alpha value is -1.58. The molecule has 50 valence electrons. The Balaban J connectivity index is 3.05. The van der Waals surface area contributed by atoms with Crippen LogP contribution in [0.4, 0.5) is 0 Å². The predicted molar refractivity (Wildman–Crippen MR) is 35.8 cm³/mol. The minimum absolute atomic E-state index is 0.0513. The highest BCUT2D eigenvalue weighted by atomic mass is 16.1. The Morgan fingerprint density at radius 2 is 2.60 bits per heavy atom. The molecule has 0 fully saturated rings. The standard InChI is InChI=1S/C6H5N3O/c10-6-2-1-5-7-3-4-9(5)8-6/h1-4H,(H,8,10)/i1D,2D,3D,4D. The van der Waals surface area contributed by atoms with E-state index in [9.17, 15) is 4.79 Å². The van der Waals surface area contributed by atoms with E-state index in [1.165, 1.54) is 0 Å². The van der Waals surface area contributed by atoms with Gasteiger partial charge in [-0.1, -0.05) is 0 Å². The lowest BCUT2D eigenvalue weighted by molar-refractivity contribution is 0.905. The lowest BCUT2D eigenvalue weighted by Crippen LogP contribution is -2.07. The molecule has 2 rings (SSSR count). The topological polar surface area (TPSA) is 50.2 Å². The predicted octanol–water partition coefficient (Wildman–Crippen LogP) is 0.0226. The van der Waals surface area contributed by atoms with Crippen LogP contribution in [0, 0.1) is 0 Å². The molecule has 0 aliphatic carbocycles. The summed E-state index contributed by atoms with van der Waals surface area (Å²) in [4.78, 5) is 14.6. The van der Waals surface area contributed by atoms with Gasteiger partial charge in [0.25, 0.3) is 5.56 Å². The van der Waals surface area contributed by atoms with E-state index in [0.717, 1.165) is 4.52 Å². The third-order valence-electron chi connectivity index (χ3n) is 1.04. The van der Waals surface area contributed by atoms with Crippen molar-refractivity contribution in [3.63, 3.8) is 0 Å². The fourth-order valence-corrected chi connectivity index (χ4v) is 0.638. The molecule has 0 spiro atoms. The first kappa shape index (κ1) is 2.57. The highest BCUT2D eigenvalue weighted by molar-refractivity contribution is 5.34. The average molecular weight is 139 g/mol. The molecular formula is C6H5N3O. The van der Waals surface area contributed by atoms with Crippen molar-refractivity contribution in [3.05, 3.63) is 34.8 Å². The zero-order chi connectivity index (χ0) is 10.5. The van der Waals surface area contributed by atoms with Crippen LogP contribution in [0.15, 0.2) is 29.2 Å². The highest BCUT2D eigenvalue weighted by Crippen LogP contribution is 1.90. The normalized spacial score (nSPS) is 16.0. The number of aromatic nitrogens is 3. The lowest BCUT2D eigenvalue weighted by Gasteiger charge is -1.88. The van der Waals surface area contributed by atoms with Crippen LogP contribution in [0.5, 0.6) is 0 Å². The molecule has 0 amide bonds. The van der Waals surface area contributed by atoms with Gasteiger partial charge in [0, 0.05) is 18.4 Å². The largest absolute Gasteiger partial charge is 0.268 e. The molecule has 0 atom stereocenters. The summed E-state index contributed by atoms with van der Waals surface area (Å²) in [6.45, 7) is 0. The van der Waals surface area contributed by atoms with Gasteiger partial charge in [0.1, 0.15) is 0 Å². The van der Waals surface area contributed by atoms with Crippen molar-refractivity contribution in [2.24, 2.45) is 0 Å². The van der Waals surface area contributed by atoms with Gasteiger partial charge in [-0.05, 0) is 6.04 Å². The maximum Gasteiger partial charge on any atom is 0.262 e. The Morgan fingerprint density at radius 1 is 1.70 bits per heavy atom. The summed E-state index contributed by atoms with van der Waals surface area (Å²) in [5, 5.41) is 2.17. The summed E-state index contributed by atoms with van der Waals surface area (Å²) in [6, 6.07) is -0.886. The number of nitrogens with zero attached hydrogens (tertiary/aromatic N) is 2. The Kier molecular flexibility index (Phi) is 0.437. The van der Waals surface area contributed by atoms with Crippen molar-refractivity contribution in [1.29, 1.82) is 0 Å². The van der Waals surface area contributed by atoms with Gasteiger partial charge in [-0.15, -0.1) is 0 Å². The molecule has 2 aromatic heterocycles. The molecule has 10 heavy (non-hydrogen) atoms. The molecule has 0 saturated carbocycles. The first-order valence-corrected chi connectivity index (χ1v) is 2.57. The second-order valence-electron chi connectivity index (χ2n) is 1.69. The minimum atomic E-state index is -0.770. The summed E-state index contributed by atoms with van der Waals surface area (Å²) in [6.07, 6.45) is -0.634. The van der Waals surface area contributed by atoms with Crippen LogP contribution in [-0.4, -0.2) is 14.6 Å². The van der Waals surface area contributed by atoms with Gasteiger partial charge in [0.2, 0.25) is 0 Å². The van der Waals surface area contributed by atoms with E-state index in [1.54, 1.807) is 0 Å². The van der Waals surface area contributed by atoms with Gasteiger partial charge in [-0.2, -0.15) is 0 Å². The smallest absolute Gasteiger partial charge is 0.262 e. The van der Waals surface area contributed by atoms with Crippen LogP contribution in [0.3, 0.4) is 0 Å². The van der Waals surface area contributed by atoms with Gasteiger partial charge >= 0.3 is 0 Å². The molecule has 4 nitrogen and oxygen atoms in total. The number of imidazole rings is 1. The summed E-state index contributed by atoms with van der Waals surface area (Å²) in [7, 11) is 0. The third-order valence-corrected chi connectivity index (χ3v) is 1.04. The summed E-state index contributed by atoms with van der Waals surface area (Å²) < 4.78 is 30.0. The SMILES string of the molecule is [2H]c1nc2c([2H])c([2H])c(=O)[nH]n2c1[2H]. The number of hydrogen-bond donors (Lipinski definition) is 1. The third kappa shape index (κ3) is 0.621. The second kappa shape index (κ2) is 1.70. The molecule has 0 radical (unpaired) electrons. The number of fused-ring (bicyclic) bond motifs is 1. The molecule has 0 unspecified atom stereocenters. The van der Waals surface area contributed by atoms with Crippen LogP contribution in [-0.2, 0) is 0 Å². The van der Waals surface area contributed by atoms with E-state index in [4.69, 9.17) is 5.48 Å². The van der Waals surface area contributed by atoms with Crippen molar-refractivity contribution in [1.82, 2.24) is 14.6 Å². The monoisotopic (exact) mass is 139 g/mol. The van der Waals surface area contributed by atoms with Crippen molar-refractivity contribution >= 4 is 5.65 Å². The van der Waals surface area contributed by atoms with Gasteiger partial charge < -0.3 is 0 Å². The quantitative estimate of drug-likeness (QED) is 0.559. The molecule has 4 heteroatoms. The Labute approximate surface area is 61.7 Å². The van der Waals surface area contributed by atoms with Crippen LogP contribution < -0.4 is 5.56 Å². The van der Waals surface area contributed by atoms with E-state index in [0.29, 0.717) is 0 Å². The zero-order valence-corrected chi connectivity index (χ0v) is 4.80. The van der Waals surface area contributed by atoms with Gasteiger partial charge in [0.05, 0.1) is 5.48 Å². The second-order valence-corrected chi connectivity index (χ2v) is 1.69. The van der Waals surface area contributed by atoms with E-state index in [1.807, 2.05) is 0 Å². The lowest BCUT2D eigenvalue weighted by atomic mass is 10.6. The van der Waals surface area contributed by atoms with E-state index >= 15 is 0 Å². The first-order chi connectivity index (χ1) is 6.52. The zero-order valence-electron chi connectivity index (χ0n) is 8.80. The van der Waals surface area contributed by atoms with E-state index in [-0.39, 0.29) is 24.0 Å². The summed E-state index contributed by atoms with van der Waals surface area (Å²) >= 11 is 0. The number of nitrogens with one attached hydrogen (secondary N) is 1. The molecule has 0 bridgehead atoms. The number of H-pyrrole nitrogens is 1. The van der Waals surface area contributed by atoms with Crippen LogP contribution in [0.1, 0.15) is 5.48 Å². The van der Waals surface area contributed by atoms with Gasteiger partial charge in [-0.3, -0.25) is 9.89 Å². The van der Waals surface area contributed by atoms with E-state index < -0.39 is 11.6 Å². The Bertz CT molecular complexity index is 572. The fraction of sp³-hybridized carbons (Fsp3) is 0. The van der Waals surface area contributed by atoms with Gasteiger partial charge in [0.15, 0.2) is 5.65 Å². The van der Waals surface area contributed by atoms with Crippen molar-refractivity contribution in [2.45, 2.75) is 0 Å². The van der Waals surface area contributed by atoms with E-state index in [2.05, 4.69) is 10.1 Å². The molecule has 0 aliphatic heterocycles. The maximum absolute atomic E-state index is 11.1. The molecule has 1 N–H and O–H groups in total. The molecule has 2 aromatic rings. The van der Waals surface area contributed by atoms with Gasteiger partial charge in [-0.25, -0.2) is 9.50 Å². The average Bonchev–Trinajstić information content (AvgIpc) is 2.42. The fourth-order valence-electron chi connectivity index (χ4n) is 0.638. The highest BCUT2D eigenvalue weighted by Gasteiger charge is 1.89.